The van der Waals surface area contributed by atoms with Crippen LogP contribution in [0.3, 0.4) is 0 Å². The summed E-state index contributed by atoms with van der Waals surface area (Å²) in [4.78, 5) is 14.7. The second-order valence-corrected chi connectivity index (χ2v) is 6.68. The van der Waals surface area contributed by atoms with Crippen molar-refractivity contribution in [1.29, 1.82) is 0 Å². The Labute approximate surface area is 147 Å². The maximum atomic E-state index is 12.5. The number of aromatic nitrogens is 3. The van der Waals surface area contributed by atoms with Gasteiger partial charge < -0.3 is 14.6 Å². The van der Waals surface area contributed by atoms with Crippen LogP contribution in [0.15, 0.2) is 36.7 Å². The van der Waals surface area contributed by atoms with Crippen molar-refractivity contribution < 1.29 is 9.53 Å². The van der Waals surface area contributed by atoms with Gasteiger partial charge in [0.25, 0.3) is 5.91 Å². The van der Waals surface area contributed by atoms with E-state index in [4.69, 9.17) is 4.74 Å². The normalized spacial score (nSPS) is 21.2. The van der Waals surface area contributed by atoms with Gasteiger partial charge in [-0.3, -0.25) is 9.69 Å². The van der Waals surface area contributed by atoms with Crippen molar-refractivity contribution in [2.45, 2.75) is 38.1 Å². The van der Waals surface area contributed by atoms with Crippen molar-refractivity contribution in [3.8, 4) is 0 Å². The SMILES string of the molecule is O=C(NCc1nncn1C1CC1)C1CN(Cc2ccccc2)CCO1. The highest BCUT2D eigenvalue weighted by molar-refractivity contribution is 5.81. The number of carbonyl (C=O) groups excluding carboxylic acids is 1. The molecule has 2 aliphatic rings. The highest BCUT2D eigenvalue weighted by Gasteiger charge is 2.28. The van der Waals surface area contributed by atoms with Crippen molar-refractivity contribution in [3.05, 3.63) is 48.0 Å². The predicted octanol–water partition coefficient (Wildman–Crippen LogP) is 1.13. The van der Waals surface area contributed by atoms with Crippen LogP contribution in [0.5, 0.6) is 0 Å². The minimum absolute atomic E-state index is 0.0805. The first-order valence-electron chi connectivity index (χ1n) is 8.83. The molecule has 2 aromatic rings. The van der Waals surface area contributed by atoms with E-state index >= 15 is 0 Å². The Kier molecular flexibility index (Phi) is 4.76. The van der Waals surface area contributed by atoms with Crippen molar-refractivity contribution in [3.63, 3.8) is 0 Å². The summed E-state index contributed by atoms with van der Waals surface area (Å²) in [7, 11) is 0. The molecule has 1 aromatic heterocycles. The number of morpholine rings is 1. The van der Waals surface area contributed by atoms with Gasteiger partial charge in [0.1, 0.15) is 12.4 Å². The van der Waals surface area contributed by atoms with E-state index in [1.165, 1.54) is 18.4 Å². The molecule has 1 amide bonds. The number of nitrogens with zero attached hydrogens (tertiary/aromatic N) is 4. The van der Waals surface area contributed by atoms with Gasteiger partial charge in [-0.1, -0.05) is 30.3 Å². The molecule has 1 unspecified atom stereocenters. The molecule has 0 bridgehead atoms. The third-order valence-corrected chi connectivity index (χ3v) is 4.70. The summed E-state index contributed by atoms with van der Waals surface area (Å²) in [5.41, 5.74) is 1.25. The third-order valence-electron chi connectivity index (χ3n) is 4.70. The highest BCUT2D eigenvalue weighted by Crippen LogP contribution is 2.35. The molecule has 0 spiro atoms. The molecule has 1 saturated heterocycles. The first-order valence-corrected chi connectivity index (χ1v) is 8.83. The molecule has 2 heterocycles. The Morgan fingerprint density at radius 3 is 2.92 bits per heavy atom. The van der Waals surface area contributed by atoms with Gasteiger partial charge in [0.2, 0.25) is 0 Å². The minimum atomic E-state index is -0.435. The summed E-state index contributed by atoms with van der Waals surface area (Å²) < 4.78 is 7.73. The van der Waals surface area contributed by atoms with Crippen molar-refractivity contribution in [1.82, 2.24) is 25.0 Å². The third kappa shape index (κ3) is 4.05. The van der Waals surface area contributed by atoms with Gasteiger partial charge in [0.05, 0.1) is 13.2 Å². The molecule has 25 heavy (non-hydrogen) atoms. The smallest absolute Gasteiger partial charge is 0.250 e. The average Bonchev–Trinajstić information content (AvgIpc) is 3.39. The molecule has 1 saturated carbocycles. The molecule has 1 atom stereocenters. The maximum absolute atomic E-state index is 12.5. The maximum Gasteiger partial charge on any atom is 0.250 e. The summed E-state index contributed by atoms with van der Waals surface area (Å²) in [6.45, 7) is 3.26. The largest absolute Gasteiger partial charge is 0.366 e. The summed E-state index contributed by atoms with van der Waals surface area (Å²) >= 11 is 0. The molecule has 4 rings (SSSR count). The second kappa shape index (κ2) is 7.33. The van der Waals surface area contributed by atoms with Crippen LogP contribution in [0.2, 0.25) is 0 Å². The van der Waals surface area contributed by atoms with Gasteiger partial charge in [-0.2, -0.15) is 0 Å². The number of ether oxygens (including phenoxy) is 1. The number of benzene rings is 1. The first-order chi connectivity index (χ1) is 12.3. The Morgan fingerprint density at radius 1 is 1.28 bits per heavy atom. The van der Waals surface area contributed by atoms with E-state index in [1.54, 1.807) is 6.33 Å². The second-order valence-electron chi connectivity index (χ2n) is 6.68. The quantitative estimate of drug-likeness (QED) is 0.853. The van der Waals surface area contributed by atoms with E-state index in [9.17, 15) is 4.79 Å². The van der Waals surface area contributed by atoms with E-state index in [2.05, 4.69) is 37.1 Å². The van der Waals surface area contributed by atoms with Crippen LogP contribution in [0.4, 0.5) is 0 Å². The van der Waals surface area contributed by atoms with Crippen molar-refractivity contribution >= 4 is 5.91 Å². The van der Waals surface area contributed by atoms with Gasteiger partial charge in [-0.25, -0.2) is 0 Å². The lowest BCUT2D eigenvalue weighted by Gasteiger charge is -2.32. The molecule has 1 aliphatic carbocycles. The monoisotopic (exact) mass is 341 g/mol. The number of carbonyl (C=O) groups is 1. The summed E-state index contributed by atoms with van der Waals surface area (Å²) in [5, 5.41) is 11.0. The van der Waals surface area contributed by atoms with Crippen LogP contribution in [0, 0.1) is 0 Å². The standard InChI is InChI=1S/C18H23N5O2/c24-18(19-10-17-21-20-13-23(17)15-6-7-15)16-12-22(8-9-25-16)11-14-4-2-1-3-5-14/h1-5,13,15-16H,6-12H2,(H,19,24). The fraction of sp³-hybridized carbons (Fsp3) is 0.500. The Bertz CT molecular complexity index is 713. The highest BCUT2D eigenvalue weighted by atomic mass is 16.5. The van der Waals surface area contributed by atoms with Crippen molar-refractivity contribution in [2.24, 2.45) is 0 Å². The zero-order valence-electron chi connectivity index (χ0n) is 14.2. The molecule has 7 heteroatoms. The van der Waals surface area contributed by atoms with E-state index < -0.39 is 6.10 Å². The molecule has 0 radical (unpaired) electrons. The number of hydrogen-bond acceptors (Lipinski definition) is 5. The Hall–Kier alpha value is -2.25. The summed E-state index contributed by atoms with van der Waals surface area (Å²) in [5.74, 6) is 0.732. The fourth-order valence-electron chi connectivity index (χ4n) is 3.18. The summed E-state index contributed by atoms with van der Waals surface area (Å²) in [6, 6.07) is 10.8. The molecule has 7 nitrogen and oxygen atoms in total. The molecular formula is C18H23N5O2. The van der Waals surface area contributed by atoms with E-state index in [0.29, 0.717) is 25.7 Å². The number of hydrogen-bond donors (Lipinski definition) is 1. The van der Waals surface area contributed by atoms with E-state index in [1.807, 2.05) is 18.2 Å². The van der Waals surface area contributed by atoms with Crippen LogP contribution in [-0.4, -0.2) is 51.4 Å². The topological polar surface area (TPSA) is 72.3 Å². The minimum Gasteiger partial charge on any atom is -0.366 e. The molecule has 1 aromatic carbocycles. The van der Waals surface area contributed by atoms with Gasteiger partial charge in [-0.15, -0.1) is 10.2 Å². The number of rotatable bonds is 6. The summed E-state index contributed by atoms with van der Waals surface area (Å²) in [6.07, 6.45) is 3.64. The average molecular weight is 341 g/mol. The molecule has 132 valence electrons. The van der Waals surface area contributed by atoms with Crippen molar-refractivity contribution in [2.75, 3.05) is 19.7 Å². The van der Waals surface area contributed by atoms with Crippen LogP contribution in [-0.2, 0) is 22.6 Å². The van der Waals surface area contributed by atoms with Gasteiger partial charge in [-0.05, 0) is 18.4 Å². The molecule has 2 fully saturated rings. The van der Waals surface area contributed by atoms with Gasteiger partial charge in [0, 0.05) is 25.7 Å². The van der Waals surface area contributed by atoms with Crippen LogP contribution in [0.1, 0.15) is 30.3 Å². The van der Waals surface area contributed by atoms with Crippen LogP contribution < -0.4 is 5.32 Å². The zero-order chi connectivity index (χ0) is 17.1. The fourth-order valence-corrected chi connectivity index (χ4v) is 3.18. The lowest BCUT2D eigenvalue weighted by atomic mass is 10.2. The predicted molar refractivity (Wildman–Crippen MR) is 91.6 cm³/mol. The molecule has 1 aliphatic heterocycles. The van der Waals surface area contributed by atoms with E-state index in [-0.39, 0.29) is 5.91 Å². The van der Waals surface area contributed by atoms with Gasteiger partial charge in [0.15, 0.2) is 5.82 Å². The lowest BCUT2D eigenvalue weighted by molar-refractivity contribution is -0.139. The van der Waals surface area contributed by atoms with Gasteiger partial charge >= 0.3 is 0 Å². The number of amides is 1. The zero-order valence-corrected chi connectivity index (χ0v) is 14.2. The Balaban J connectivity index is 1.30. The first kappa shape index (κ1) is 16.2. The number of nitrogens with one attached hydrogen (secondary N) is 1. The van der Waals surface area contributed by atoms with Crippen LogP contribution >= 0.6 is 0 Å². The van der Waals surface area contributed by atoms with Crippen LogP contribution in [0.25, 0.3) is 0 Å². The lowest BCUT2D eigenvalue weighted by Crippen LogP contribution is -2.49. The van der Waals surface area contributed by atoms with E-state index in [0.717, 1.165) is 18.9 Å². The molecule has 1 N–H and O–H groups in total. The Morgan fingerprint density at radius 2 is 2.12 bits per heavy atom. The molecular weight excluding hydrogens is 318 g/mol.